The van der Waals surface area contributed by atoms with Gasteiger partial charge in [0.1, 0.15) is 11.5 Å². The number of aromatic hydroxyl groups is 1. The van der Waals surface area contributed by atoms with Gasteiger partial charge in [-0.2, -0.15) is 5.10 Å². The average Bonchev–Trinajstić information content (AvgIpc) is 3.03. The summed E-state index contributed by atoms with van der Waals surface area (Å²) < 4.78 is 20.3. The molecule has 3 rings (SSSR count). The summed E-state index contributed by atoms with van der Waals surface area (Å²) in [6.45, 7) is 1.89. The molecule has 0 spiro atoms. The molecule has 1 atom stereocenters. The molecule has 0 fully saturated rings. The fraction of sp³-hybridized carbons (Fsp3) is 0.158. The summed E-state index contributed by atoms with van der Waals surface area (Å²) in [6.07, 6.45) is 1.07. The van der Waals surface area contributed by atoms with Gasteiger partial charge in [-0.15, -0.1) is 0 Å². The van der Waals surface area contributed by atoms with Crippen molar-refractivity contribution in [2.45, 2.75) is 13.0 Å². The Labute approximate surface area is 149 Å². The third kappa shape index (κ3) is 3.57. The van der Waals surface area contributed by atoms with Crippen molar-refractivity contribution in [1.82, 2.24) is 9.78 Å². The minimum absolute atomic E-state index is 0.125. The molecule has 0 radical (unpaired) electrons. The number of methoxy groups -OCH3 is 1. The van der Waals surface area contributed by atoms with Gasteiger partial charge in [0, 0.05) is 12.8 Å². The second kappa shape index (κ2) is 7.37. The number of carbonyl (C=O) groups excluding carboxylic acids is 1. The molecule has 134 valence electrons. The van der Waals surface area contributed by atoms with Gasteiger partial charge in [0.15, 0.2) is 11.4 Å². The first-order valence-corrected chi connectivity index (χ1v) is 7.97. The summed E-state index contributed by atoms with van der Waals surface area (Å²) in [5, 5.41) is 16.7. The van der Waals surface area contributed by atoms with Crippen molar-refractivity contribution in [2.24, 2.45) is 0 Å². The molecule has 1 amide bonds. The van der Waals surface area contributed by atoms with Gasteiger partial charge < -0.3 is 15.2 Å². The number of rotatable bonds is 5. The standard InChI is InChI=1S/C19H18FN3O3/c1-12(26-2)13-6-5-7-14(10-13)21-19(25)18-17(24)11-23(22-18)16-9-4-3-8-15(16)20/h3-12,24H,1-2H3,(H,21,25)/t12-/m0/s1. The summed E-state index contributed by atoms with van der Waals surface area (Å²) in [4.78, 5) is 12.4. The van der Waals surface area contributed by atoms with Crippen molar-refractivity contribution in [2.75, 3.05) is 12.4 Å². The molecular formula is C19H18FN3O3. The van der Waals surface area contributed by atoms with Crippen LogP contribution in [0.1, 0.15) is 29.1 Å². The highest BCUT2D eigenvalue weighted by molar-refractivity contribution is 6.04. The average molecular weight is 355 g/mol. The summed E-state index contributed by atoms with van der Waals surface area (Å²) >= 11 is 0. The third-order valence-electron chi connectivity index (χ3n) is 3.98. The van der Waals surface area contributed by atoms with E-state index in [4.69, 9.17) is 4.74 Å². The fourth-order valence-electron chi connectivity index (χ4n) is 2.48. The predicted molar refractivity (Wildman–Crippen MR) is 95.0 cm³/mol. The van der Waals surface area contributed by atoms with Crippen molar-refractivity contribution in [3.05, 3.63) is 71.8 Å². The Morgan fingerprint density at radius 1 is 1.27 bits per heavy atom. The fourth-order valence-corrected chi connectivity index (χ4v) is 2.48. The van der Waals surface area contributed by atoms with Gasteiger partial charge in [0.05, 0.1) is 12.3 Å². The first-order valence-electron chi connectivity index (χ1n) is 7.97. The number of halogens is 1. The summed E-state index contributed by atoms with van der Waals surface area (Å²) in [6, 6.07) is 13.1. The van der Waals surface area contributed by atoms with E-state index < -0.39 is 11.7 Å². The normalized spacial score (nSPS) is 12.0. The molecule has 2 N–H and O–H groups in total. The maximum atomic E-state index is 13.9. The van der Waals surface area contributed by atoms with Crippen molar-refractivity contribution in [3.63, 3.8) is 0 Å². The highest BCUT2D eigenvalue weighted by atomic mass is 19.1. The zero-order chi connectivity index (χ0) is 18.7. The first-order chi connectivity index (χ1) is 12.5. The van der Waals surface area contributed by atoms with Gasteiger partial charge in [-0.05, 0) is 36.8 Å². The van der Waals surface area contributed by atoms with Gasteiger partial charge in [-0.25, -0.2) is 9.07 Å². The second-order valence-electron chi connectivity index (χ2n) is 5.72. The van der Waals surface area contributed by atoms with Crippen LogP contribution in [-0.4, -0.2) is 27.9 Å². The van der Waals surface area contributed by atoms with Crippen LogP contribution >= 0.6 is 0 Å². The van der Waals surface area contributed by atoms with E-state index >= 15 is 0 Å². The molecule has 7 heteroatoms. The minimum atomic E-state index is -0.597. The molecule has 0 saturated carbocycles. The van der Waals surface area contributed by atoms with Crippen LogP contribution < -0.4 is 5.32 Å². The Morgan fingerprint density at radius 3 is 2.77 bits per heavy atom. The van der Waals surface area contributed by atoms with E-state index in [1.807, 2.05) is 13.0 Å². The molecular weight excluding hydrogens is 337 g/mol. The van der Waals surface area contributed by atoms with Crippen LogP contribution in [0.4, 0.5) is 10.1 Å². The van der Waals surface area contributed by atoms with Crippen LogP contribution in [0.15, 0.2) is 54.7 Å². The van der Waals surface area contributed by atoms with E-state index in [-0.39, 0.29) is 23.2 Å². The van der Waals surface area contributed by atoms with Gasteiger partial charge in [-0.3, -0.25) is 4.79 Å². The Bertz CT molecular complexity index is 939. The summed E-state index contributed by atoms with van der Waals surface area (Å²) in [5.41, 5.74) is 1.37. The van der Waals surface area contributed by atoms with Gasteiger partial charge >= 0.3 is 0 Å². The lowest BCUT2D eigenvalue weighted by Gasteiger charge is -2.11. The van der Waals surface area contributed by atoms with Crippen molar-refractivity contribution in [1.29, 1.82) is 0 Å². The van der Waals surface area contributed by atoms with E-state index in [1.165, 1.54) is 18.3 Å². The molecule has 1 heterocycles. The lowest BCUT2D eigenvalue weighted by atomic mass is 10.1. The number of benzene rings is 2. The highest BCUT2D eigenvalue weighted by Crippen LogP contribution is 2.23. The number of nitrogens with one attached hydrogen (secondary N) is 1. The van der Waals surface area contributed by atoms with Crippen LogP contribution in [0.25, 0.3) is 5.69 Å². The van der Waals surface area contributed by atoms with E-state index in [0.717, 1.165) is 10.2 Å². The van der Waals surface area contributed by atoms with Gasteiger partial charge in [0.25, 0.3) is 5.91 Å². The molecule has 0 aliphatic rings. The molecule has 6 nitrogen and oxygen atoms in total. The van der Waals surface area contributed by atoms with Crippen LogP contribution in [0, 0.1) is 5.82 Å². The summed E-state index contributed by atoms with van der Waals surface area (Å²) in [5.74, 6) is -1.45. The number of ether oxygens (including phenoxy) is 1. The topological polar surface area (TPSA) is 76.4 Å². The van der Waals surface area contributed by atoms with Crippen LogP contribution in [0.3, 0.4) is 0 Å². The molecule has 3 aromatic rings. The number of hydrogen-bond donors (Lipinski definition) is 2. The monoisotopic (exact) mass is 355 g/mol. The lowest BCUT2D eigenvalue weighted by Crippen LogP contribution is -2.14. The number of hydrogen-bond acceptors (Lipinski definition) is 4. The van der Waals surface area contributed by atoms with Crippen LogP contribution in [0.2, 0.25) is 0 Å². The minimum Gasteiger partial charge on any atom is -0.504 e. The zero-order valence-electron chi connectivity index (χ0n) is 14.3. The molecule has 0 saturated heterocycles. The van der Waals surface area contributed by atoms with Crippen LogP contribution in [0.5, 0.6) is 5.75 Å². The number of aromatic nitrogens is 2. The number of para-hydroxylation sites is 1. The van der Waals surface area contributed by atoms with Gasteiger partial charge in [-0.1, -0.05) is 24.3 Å². The van der Waals surface area contributed by atoms with Crippen molar-refractivity contribution < 1.29 is 19.0 Å². The van der Waals surface area contributed by atoms with E-state index in [0.29, 0.717) is 5.69 Å². The largest absolute Gasteiger partial charge is 0.504 e. The second-order valence-corrected chi connectivity index (χ2v) is 5.72. The maximum absolute atomic E-state index is 13.9. The lowest BCUT2D eigenvalue weighted by molar-refractivity contribution is 0.101. The number of carbonyl (C=O) groups is 1. The molecule has 0 aliphatic heterocycles. The molecule has 26 heavy (non-hydrogen) atoms. The zero-order valence-corrected chi connectivity index (χ0v) is 14.3. The number of anilines is 1. The maximum Gasteiger partial charge on any atom is 0.280 e. The molecule has 2 aromatic carbocycles. The Morgan fingerprint density at radius 2 is 2.04 bits per heavy atom. The SMILES string of the molecule is CO[C@@H](C)c1cccc(NC(=O)c2nn(-c3ccccc3F)cc2O)c1. The Hall–Kier alpha value is -3.19. The van der Waals surface area contributed by atoms with Crippen molar-refractivity contribution in [3.8, 4) is 11.4 Å². The smallest absolute Gasteiger partial charge is 0.280 e. The first kappa shape index (κ1) is 17.6. The number of nitrogens with zero attached hydrogens (tertiary/aromatic N) is 2. The Kier molecular flexibility index (Phi) is 4.99. The van der Waals surface area contributed by atoms with Crippen LogP contribution in [-0.2, 0) is 4.74 Å². The third-order valence-corrected chi connectivity index (χ3v) is 3.98. The van der Waals surface area contributed by atoms with E-state index in [2.05, 4.69) is 10.4 Å². The van der Waals surface area contributed by atoms with Gasteiger partial charge in [0.2, 0.25) is 0 Å². The van der Waals surface area contributed by atoms with E-state index in [1.54, 1.807) is 37.4 Å². The summed E-state index contributed by atoms with van der Waals surface area (Å²) in [7, 11) is 1.60. The number of amides is 1. The van der Waals surface area contributed by atoms with Crippen molar-refractivity contribution >= 4 is 11.6 Å². The van der Waals surface area contributed by atoms with E-state index in [9.17, 15) is 14.3 Å². The quantitative estimate of drug-likeness (QED) is 0.732. The molecule has 0 aliphatic carbocycles. The molecule has 0 bridgehead atoms. The Balaban J connectivity index is 1.84. The highest BCUT2D eigenvalue weighted by Gasteiger charge is 2.18. The molecule has 0 unspecified atom stereocenters. The molecule has 1 aromatic heterocycles. The predicted octanol–water partition coefficient (Wildman–Crippen LogP) is 3.68.